The highest BCUT2D eigenvalue weighted by molar-refractivity contribution is 5.78. The van der Waals surface area contributed by atoms with Crippen molar-refractivity contribution in [1.29, 1.82) is 0 Å². The number of nitrogens with zero attached hydrogens (tertiary/aromatic N) is 2. The second-order valence-corrected chi connectivity index (χ2v) is 7.68. The molecule has 150 valence electrons. The maximum atomic E-state index is 13.3. The van der Waals surface area contributed by atoms with Gasteiger partial charge in [-0.05, 0) is 43.5 Å². The molecule has 1 fully saturated rings. The highest BCUT2D eigenvalue weighted by atomic mass is 16.2. The first-order chi connectivity index (χ1) is 13.8. The van der Waals surface area contributed by atoms with Crippen molar-refractivity contribution in [2.45, 2.75) is 45.3 Å². The minimum atomic E-state index is 0.264. The minimum Gasteiger partial charge on any atom is -0.339 e. The van der Waals surface area contributed by atoms with Crippen molar-refractivity contribution in [2.24, 2.45) is 0 Å². The zero-order chi connectivity index (χ0) is 19.6. The second-order valence-electron chi connectivity index (χ2n) is 7.68. The lowest BCUT2D eigenvalue weighted by atomic mass is 10.0. The summed E-state index contributed by atoms with van der Waals surface area (Å²) in [5, 5.41) is 3.41. The van der Waals surface area contributed by atoms with Crippen LogP contribution in [0.1, 0.15) is 37.3 Å². The number of nitrogens with one attached hydrogen (secondary N) is 1. The maximum absolute atomic E-state index is 13.3. The first-order valence-corrected chi connectivity index (χ1v) is 10.6. The number of hydrogen-bond donors (Lipinski definition) is 1. The summed E-state index contributed by atoms with van der Waals surface area (Å²) < 4.78 is 0. The first-order valence-electron chi connectivity index (χ1n) is 10.6. The van der Waals surface area contributed by atoms with Crippen molar-refractivity contribution in [1.82, 2.24) is 15.1 Å². The number of amides is 1. The molecule has 1 amide bonds. The van der Waals surface area contributed by atoms with E-state index in [4.69, 9.17) is 0 Å². The Bertz CT molecular complexity index is 657. The van der Waals surface area contributed by atoms with Crippen LogP contribution in [-0.2, 0) is 17.9 Å². The summed E-state index contributed by atoms with van der Waals surface area (Å²) in [5.74, 6) is 0.264. The number of carbonyl (C=O) groups is 1. The van der Waals surface area contributed by atoms with Gasteiger partial charge in [-0.15, -0.1) is 0 Å². The van der Waals surface area contributed by atoms with Crippen LogP contribution in [-0.4, -0.2) is 47.9 Å². The van der Waals surface area contributed by atoms with E-state index in [1.807, 2.05) is 12.1 Å². The number of piperidine rings is 1. The molecule has 0 atom stereocenters. The van der Waals surface area contributed by atoms with Gasteiger partial charge in [0.05, 0.1) is 6.54 Å². The van der Waals surface area contributed by atoms with E-state index in [-0.39, 0.29) is 5.91 Å². The van der Waals surface area contributed by atoms with Gasteiger partial charge in [0.15, 0.2) is 0 Å². The van der Waals surface area contributed by atoms with E-state index in [2.05, 4.69) is 70.6 Å². The number of hydrogen-bond acceptors (Lipinski definition) is 3. The van der Waals surface area contributed by atoms with Gasteiger partial charge in [0.25, 0.3) is 0 Å². The Morgan fingerprint density at radius 2 is 1.46 bits per heavy atom. The Morgan fingerprint density at radius 1 is 0.929 bits per heavy atom. The zero-order valence-corrected chi connectivity index (χ0v) is 17.0. The topological polar surface area (TPSA) is 35.6 Å². The zero-order valence-electron chi connectivity index (χ0n) is 17.0. The molecule has 0 radical (unpaired) electrons. The molecule has 0 aliphatic carbocycles. The molecule has 0 bridgehead atoms. The summed E-state index contributed by atoms with van der Waals surface area (Å²) >= 11 is 0. The second kappa shape index (κ2) is 11.0. The molecular weight excluding hydrogens is 346 g/mol. The third-order valence-electron chi connectivity index (χ3n) is 5.39. The van der Waals surface area contributed by atoms with Gasteiger partial charge in [-0.1, -0.05) is 67.6 Å². The van der Waals surface area contributed by atoms with Crippen molar-refractivity contribution in [3.05, 3.63) is 71.8 Å². The summed E-state index contributed by atoms with van der Waals surface area (Å²) in [5.41, 5.74) is 2.49. The van der Waals surface area contributed by atoms with E-state index in [0.29, 0.717) is 12.6 Å². The van der Waals surface area contributed by atoms with Crippen LogP contribution in [0.5, 0.6) is 0 Å². The molecular formula is C24H33N3O. The van der Waals surface area contributed by atoms with Crippen LogP contribution >= 0.6 is 0 Å². The van der Waals surface area contributed by atoms with Crippen molar-refractivity contribution in [2.75, 3.05) is 26.2 Å². The normalized spacial score (nSPS) is 14.9. The Hall–Kier alpha value is -2.17. The third kappa shape index (κ3) is 6.18. The fraction of sp³-hybridized carbons (Fsp3) is 0.458. The SMILES string of the molecule is CCCN(C(=O)CN(Cc1ccccc1)Cc1ccccc1)C1CCNCC1. The van der Waals surface area contributed by atoms with E-state index in [1.165, 1.54) is 11.1 Å². The lowest BCUT2D eigenvalue weighted by Crippen LogP contribution is -2.49. The predicted molar refractivity (Wildman–Crippen MR) is 115 cm³/mol. The summed E-state index contributed by atoms with van der Waals surface area (Å²) in [7, 11) is 0. The molecule has 0 aromatic heterocycles. The number of rotatable bonds is 9. The van der Waals surface area contributed by atoms with Gasteiger partial charge in [-0.2, -0.15) is 0 Å². The van der Waals surface area contributed by atoms with Gasteiger partial charge in [-0.3, -0.25) is 9.69 Å². The molecule has 0 saturated carbocycles. The molecule has 1 aliphatic heterocycles. The molecule has 0 unspecified atom stereocenters. The van der Waals surface area contributed by atoms with Gasteiger partial charge in [0.1, 0.15) is 0 Å². The summed E-state index contributed by atoms with van der Waals surface area (Å²) in [6, 6.07) is 21.3. The molecule has 3 rings (SSSR count). The molecule has 4 heteroatoms. The lowest BCUT2D eigenvalue weighted by molar-refractivity contribution is -0.135. The van der Waals surface area contributed by atoms with E-state index < -0.39 is 0 Å². The largest absolute Gasteiger partial charge is 0.339 e. The van der Waals surface area contributed by atoms with Crippen LogP contribution < -0.4 is 5.32 Å². The van der Waals surface area contributed by atoms with Crippen molar-refractivity contribution in [3.63, 3.8) is 0 Å². The molecule has 2 aromatic rings. The quantitative estimate of drug-likeness (QED) is 0.722. The van der Waals surface area contributed by atoms with Gasteiger partial charge in [0, 0.05) is 25.7 Å². The Kier molecular flexibility index (Phi) is 8.07. The molecule has 28 heavy (non-hydrogen) atoms. The third-order valence-corrected chi connectivity index (χ3v) is 5.39. The molecule has 1 heterocycles. The van der Waals surface area contributed by atoms with Gasteiger partial charge >= 0.3 is 0 Å². The minimum absolute atomic E-state index is 0.264. The monoisotopic (exact) mass is 379 g/mol. The standard InChI is InChI=1S/C24H33N3O/c1-2-17-27(23-13-15-25-16-14-23)24(28)20-26(18-21-9-5-3-6-10-21)19-22-11-7-4-8-12-22/h3-12,23,25H,2,13-20H2,1H3. The highest BCUT2D eigenvalue weighted by Crippen LogP contribution is 2.15. The molecule has 4 nitrogen and oxygen atoms in total. The Labute approximate surface area is 169 Å². The predicted octanol–water partition coefficient (Wildman–Crippen LogP) is 3.68. The Morgan fingerprint density at radius 3 is 1.96 bits per heavy atom. The van der Waals surface area contributed by atoms with E-state index in [1.54, 1.807) is 0 Å². The molecule has 1 N–H and O–H groups in total. The molecule has 1 saturated heterocycles. The average molecular weight is 380 g/mol. The molecule has 1 aliphatic rings. The molecule has 0 spiro atoms. The van der Waals surface area contributed by atoms with E-state index in [0.717, 1.165) is 52.0 Å². The van der Waals surface area contributed by atoms with Crippen molar-refractivity contribution < 1.29 is 4.79 Å². The van der Waals surface area contributed by atoms with Crippen LogP contribution in [0, 0.1) is 0 Å². The van der Waals surface area contributed by atoms with Crippen LogP contribution in [0.2, 0.25) is 0 Å². The Balaban J connectivity index is 1.71. The van der Waals surface area contributed by atoms with Crippen LogP contribution in [0.4, 0.5) is 0 Å². The first kappa shape index (κ1) is 20.6. The highest BCUT2D eigenvalue weighted by Gasteiger charge is 2.26. The van der Waals surface area contributed by atoms with Crippen molar-refractivity contribution in [3.8, 4) is 0 Å². The van der Waals surface area contributed by atoms with Crippen LogP contribution in [0.3, 0.4) is 0 Å². The van der Waals surface area contributed by atoms with Gasteiger partial charge in [-0.25, -0.2) is 0 Å². The molecule has 2 aromatic carbocycles. The van der Waals surface area contributed by atoms with Gasteiger partial charge < -0.3 is 10.2 Å². The van der Waals surface area contributed by atoms with E-state index >= 15 is 0 Å². The fourth-order valence-corrected chi connectivity index (χ4v) is 4.00. The van der Waals surface area contributed by atoms with Crippen LogP contribution in [0.25, 0.3) is 0 Å². The van der Waals surface area contributed by atoms with E-state index in [9.17, 15) is 4.79 Å². The average Bonchev–Trinajstić information content (AvgIpc) is 2.74. The maximum Gasteiger partial charge on any atom is 0.237 e. The smallest absolute Gasteiger partial charge is 0.237 e. The number of carbonyl (C=O) groups excluding carboxylic acids is 1. The lowest BCUT2D eigenvalue weighted by Gasteiger charge is -2.36. The summed E-state index contributed by atoms with van der Waals surface area (Å²) in [4.78, 5) is 17.7. The van der Waals surface area contributed by atoms with Gasteiger partial charge in [0.2, 0.25) is 5.91 Å². The number of benzene rings is 2. The van der Waals surface area contributed by atoms with Crippen LogP contribution in [0.15, 0.2) is 60.7 Å². The summed E-state index contributed by atoms with van der Waals surface area (Å²) in [6.45, 7) is 7.07. The van der Waals surface area contributed by atoms with Crippen molar-refractivity contribution >= 4 is 5.91 Å². The fourth-order valence-electron chi connectivity index (χ4n) is 4.00. The summed E-state index contributed by atoms with van der Waals surface area (Å²) in [6.07, 6.45) is 3.12.